The predicted octanol–water partition coefficient (Wildman–Crippen LogP) is 0.290. The van der Waals surface area contributed by atoms with Crippen LogP contribution in [0, 0.1) is 0 Å². The average Bonchev–Trinajstić information content (AvgIpc) is 2.84. The number of nitrogens with zero attached hydrogens (tertiary/aromatic N) is 1. The molecule has 0 amide bonds. The van der Waals surface area contributed by atoms with Crippen LogP contribution >= 0.6 is 0 Å². The molecule has 0 aromatic carbocycles. The molecule has 1 atom stereocenters. The minimum Gasteiger partial charge on any atom is -0.466 e. The van der Waals surface area contributed by atoms with E-state index in [2.05, 4.69) is 4.90 Å². The van der Waals surface area contributed by atoms with E-state index in [-0.39, 0.29) is 11.6 Å². The first-order chi connectivity index (χ1) is 9.60. The van der Waals surface area contributed by atoms with Gasteiger partial charge < -0.3 is 14.2 Å². The lowest BCUT2D eigenvalue weighted by molar-refractivity contribution is -0.139. The Balaban J connectivity index is 2.38. The summed E-state index contributed by atoms with van der Waals surface area (Å²) in [5.74, 6) is -1.00. The van der Waals surface area contributed by atoms with E-state index < -0.39 is 11.9 Å². The highest BCUT2D eigenvalue weighted by atomic mass is 16.5. The molecule has 0 aromatic heterocycles. The molecule has 110 valence electrons. The molecule has 0 radical (unpaired) electrons. The van der Waals surface area contributed by atoms with Crippen LogP contribution in [0.3, 0.4) is 0 Å². The van der Waals surface area contributed by atoms with Crippen molar-refractivity contribution >= 4 is 11.9 Å². The van der Waals surface area contributed by atoms with Crippen molar-refractivity contribution < 1.29 is 23.8 Å². The molecule has 0 aromatic rings. The van der Waals surface area contributed by atoms with Gasteiger partial charge in [-0.2, -0.15) is 0 Å². The number of carbonyl (C=O) groups is 2. The normalized spacial score (nSPS) is 23.6. The summed E-state index contributed by atoms with van der Waals surface area (Å²) in [7, 11) is 2.61. The van der Waals surface area contributed by atoms with Gasteiger partial charge in [0.15, 0.2) is 0 Å². The van der Waals surface area contributed by atoms with Crippen LogP contribution in [0.5, 0.6) is 0 Å². The summed E-state index contributed by atoms with van der Waals surface area (Å²) in [4.78, 5) is 26.0. The maximum Gasteiger partial charge on any atom is 0.338 e. The Bertz CT molecular complexity index is 474. The van der Waals surface area contributed by atoms with Crippen LogP contribution in [0.2, 0.25) is 0 Å². The van der Waals surface area contributed by atoms with Crippen LogP contribution in [-0.4, -0.2) is 63.4 Å². The van der Waals surface area contributed by atoms with Crippen LogP contribution in [0.15, 0.2) is 22.8 Å². The number of hydrogen-bond acceptors (Lipinski definition) is 6. The van der Waals surface area contributed by atoms with E-state index in [1.165, 1.54) is 14.2 Å². The zero-order valence-electron chi connectivity index (χ0n) is 12.0. The Labute approximate surface area is 118 Å². The van der Waals surface area contributed by atoms with Gasteiger partial charge in [0.25, 0.3) is 0 Å². The lowest BCUT2D eigenvalue weighted by Crippen LogP contribution is -2.45. The topological polar surface area (TPSA) is 65.1 Å². The van der Waals surface area contributed by atoms with Gasteiger partial charge in [-0.05, 0) is 13.0 Å². The van der Waals surface area contributed by atoms with Crippen molar-refractivity contribution in [1.82, 2.24) is 4.90 Å². The molecule has 6 nitrogen and oxygen atoms in total. The van der Waals surface area contributed by atoms with Crippen molar-refractivity contribution in [2.24, 2.45) is 0 Å². The number of morpholine rings is 1. The summed E-state index contributed by atoms with van der Waals surface area (Å²) in [6.07, 6.45) is 1.71. The highest BCUT2D eigenvalue weighted by Crippen LogP contribution is 2.32. The van der Waals surface area contributed by atoms with E-state index in [0.717, 1.165) is 5.57 Å². The maximum absolute atomic E-state index is 12.1. The highest BCUT2D eigenvalue weighted by molar-refractivity contribution is 6.05. The summed E-state index contributed by atoms with van der Waals surface area (Å²) < 4.78 is 14.9. The number of rotatable bonds is 3. The molecule has 1 saturated heterocycles. The Hall–Kier alpha value is -1.66. The number of hydrogen-bond donors (Lipinski definition) is 0. The monoisotopic (exact) mass is 281 g/mol. The van der Waals surface area contributed by atoms with Gasteiger partial charge in [-0.15, -0.1) is 0 Å². The standard InChI is InChI=1S/C14H19NO5/c1-9-8-10(13(16)18-2)11(14(17)19-3)12(9)15-4-6-20-7-5-15/h8,12H,4-7H2,1-3H3. The van der Waals surface area contributed by atoms with E-state index in [1.807, 2.05) is 6.92 Å². The molecule has 0 bridgehead atoms. The summed E-state index contributed by atoms with van der Waals surface area (Å²) >= 11 is 0. The van der Waals surface area contributed by atoms with Crippen molar-refractivity contribution in [2.45, 2.75) is 13.0 Å². The van der Waals surface area contributed by atoms with Crippen LogP contribution in [0.1, 0.15) is 6.92 Å². The second-order valence-corrected chi connectivity index (χ2v) is 4.75. The van der Waals surface area contributed by atoms with Crippen molar-refractivity contribution in [3.05, 3.63) is 22.8 Å². The Morgan fingerprint density at radius 2 is 1.80 bits per heavy atom. The molecule has 0 spiro atoms. The SMILES string of the molecule is COC(=O)C1=C(C(=O)OC)C(N2CCOCC2)C(C)=C1. The van der Waals surface area contributed by atoms with E-state index in [9.17, 15) is 9.59 Å². The Morgan fingerprint density at radius 1 is 1.20 bits per heavy atom. The van der Waals surface area contributed by atoms with Gasteiger partial charge in [0.1, 0.15) is 0 Å². The van der Waals surface area contributed by atoms with Gasteiger partial charge >= 0.3 is 11.9 Å². The molecular formula is C14H19NO5. The quantitative estimate of drug-likeness (QED) is 0.693. The Kier molecular flexibility index (Phi) is 4.57. The van der Waals surface area contributed by atoms with Crippen molar-refractivity contribution in [3.63, 3.8) is 0 Å². The van der Waals surface area contributed by atoms with Gasteiger partial charge in [-0.3, -0.25) is 4.90 Å². The molecule has 1 heterocycles. The second-order valence-electron chi connectivity index (χ2n) is 4.75. The van der Waals surface area contributed by atoms with Gasteiger partial charge in [0.05, 0.1) is 44.6 Å². The third-order valence-corrected chi connectivity index (χ3v) is 3.59. The lowest BCUT2D eigenvalue weighted by atomic mass is 10.0. The third kappa shape index (κ3) is 2.62. The molecule has 1 unspecified atom stereocenters. The molecule has 20 heavy (non-hydrogen) atoms. The van der Waals surface area contributed by atoms with Crippen LogP contribution in [0.25, 0.3) is 0 Å². The fourth-order valence-corrected chi connectivity index (χ4v) is 2.68. The maximum atomic E-state index is 12.1. The van der Waals surface area contributed by atoms with Gasteiger partial charge in [-0.25, -0.2) is 9.59 Å². The number of carbonyl (C=O) groups excluding carboxylic acids is 2. The van der Waals surface area contributed by atoms with E-state index in [0.29, 0.717) is 31.9 Å². The van der Waals surface area contributed by atoms with Crippen LogP contribution in [0.4, 0.5) is 0 Å². The molecule has 0 saturated carbocycles. The molecule has 1 aliphatic carbocycles. The molecule has 2 rings (SSSR count). The number of ether oxygens (including phenoxy) is 3. The minimum atomic E-state index is -0.513. The van der Waals surface area contributed by atoms with Crippen LogP contribution in [-0.2, 0) is 23.8 Å². The van der Waals surface area contributed by atoms with E-state index in [1.54, 1.807) is 6.08 Å². The highest BCUT2D eigenvalue weighted by Gasteiger charge is 2.38. The predicted molar refractivity (Wildman–Crippen MR) is 71.0 cm³/mol. The van der Waals surface area contributed by atoms with E-state index in [4.69, 9.17) is 14.2 Å². The number of esters is 2. The second kappa shape index (κ2) is 6.19. The van der Waals surface area contributed by atoms with Gasteiger partial charge in [0.2, 0.25) is 0 Å². The zero-order valence-corrected chi connectivity index (χ0v) is 12.0. The Morgan fingerprint density at radius 3 is 2.35 bits per heavy atom. The van der Waals surface area contributed by atoms with Crippen molar-refractivity contribution in [1.29, 1.82) is 0 Å². The van der Waals surface area contributed by atoms with Crippen molar-refractivity contribution in [2.75, 3.05) is 40.5 Å². The summed E-state index contributed by atoms with van der Waals surface area (Å²) in [5, 5.41) is 0. The van der Waals surface area contributed by atoms with E-state index >= 15 is 0 Å². The first-order valence-corrected chi connectivity index (χ1v) is 6.51. The lowest BCUT2D eigenvalue weighted by Gasteiger charge is -2.34. The summed E-state index contributed by atoms with van der Waals surface area (Å²) in [6.45, 7) is 4.56. The first-order valence-electron chi connectivity index (χ1n) is 6.51. The molecule has 1 aliphatic heterocycles. The summed E-state index contributed by atoms with van der Waals surface area (Å²) in [6, 6.07) is -0.236. The fraction of sp³-hybridized carbons (Fsp3) is 0.571. The average molecular weight is 281 g/mol. The summed E-state index contributed by atoms with van der Waals surface area (Å²) in [5.41, 5.74) is 1.58. The smallest absolute Gasteiger partial charge is 0.338 e. The molecule has 2 aliphatic rings. The molecule has 0 N–H and O–H groups in total. The zero-order chi connectivity index (χ0) is 14.7. The molecule has 1 fully saturated rings. The largest absolute Gasteiger partial charge is 0.466 e. The number of methoxy groups -OCH3 is 2. The van der Waals surface area contributed by atoms with Crippen LogP contribution < -0.4 is 0 Å². The fourth-order valence-electron chi connectivity index (χ4n) is 2.68. The first kappa shape index (κ1) is 14.7. The molecule has 6 heteroatoms. The molecular weight excluding hydrogens is 262 g/mol. The minimum absolute atomic E-state index is 0.236. The third-order valence-electron chi connectivity index (χ3n) is 3.59. The van der Waals surface area contributed by atoms with Crippen molar-refractivity contribution in [3.8, 4) is 0 Å². The van der Waals surface area contributed by atoms with Gasteiger partial charge in [0, 0.05) is 13.1 Å². The van der Waals surface area contributed by atoms with Gasteiger partial charge in [-0.1, -0.05) is 5.57 Å².